The van der Waals surface area contributed by atoms with Gasteiger partial charge >= 0.3 is 0 Å². The number of nitrogen functional groups attached to an aromatic ring is 1. The Morgan fingerprint density at radius 3 is 2.96 bits per heavy atom. The predicted octanol–water partition coefficient (Wildman–Crippen LogP) is 2.12. The molecule has 0 radical (unpaired) electrons. The van der Waals surface area contributed by atoms with Gasteiger partial charge in [0, 0.05) is 11.7 Å². The van der Waals surface area contributed by atoms with Gasteiger partial charge in [0.05, 0.1) is 18.6 Å². The number of nitrogens with zero attached hydrogens (tertiary/aromatic N) is 2. The first-order chi connectivity index (χ1) is 12.1. The van der Waals surface area contributed by atoms with Crippen molar-refractivity contribution in [3.63, 3.8) is 0 Å². The lowest BCUT2D eigenvalue weighted by Gasteiger charge is -2.23. The molecule has 1 aromatic heterocycles. The molecule has 7 nitrogen and oxygen atoms in total. The van der Waals surface area contributed by atoms with Gasteiger partial charge in [0.15, 0.2) is 5.82 Å². The lowest BCUT2D eigenvalue weighted by Crippen LogP contribution is -2.35. The molecule has 0 atom stereocenters. The first kappa shape index (κ1) is 18.7. The van der Waals surface area contributed by atoms with Crippen LogP contribution in [0.15, 0.2) is 42.5 Å². The van der Waals surface area contributed by atoms with Crippen molar-refractivity contribution >= 4 is 17.5 Å². The molecule has 0 saturated carbocycles. The molecular weight excluding hydrogens is 321 g/mol. The van der Waals surface area contributed by atoms with Crippen LogP contribution < -0.4 is 27.0 Å². The molecule has 1 aromatic rings. The smallest absolute Gasteiger partial charge is 0.224 e. The monoisotopic (exact) mass is 347 g/mol. The molecule has 0 spiro atoms. The van der Waals surface area contributed by atoms with E-state index in [2.05, 4.69) is 37.8 Å². The van der Waals surface area contributed by atoms with E-state index in [-0.39, 0.29) is 12.5 Å². The van der Waals surface area contributed by atoms with E-state index in [1.54, 1.807) is 13.1 Å². The zero-order chi connectivity index (χ0) is 18.1. The molecule has 2 heterocycles. The van der Waals surface area contributed by atoms with Gasteiger partial charge in [-0.05, 0) is 38.9 Å². The van der Waals surface area contributed by atoms with Gasteiger partial charge in [-0.25, -0.2) is 9.37 Å². The summed E-state index contributed by atoms with van der Waals surface area (Å²) in [5, 5.41) is 12.6. The molecule has 1 saturated heterocycles. The highest BCUT2D eigenvalue weighted by atomic mass is 19.1. The van der Waals surface area contributed by atoms with Crippen LogP contribution in [0.4, 0.5) is 21.8 Å². The molecule has 25 heavy (non-hydrogen) atoms. The van der Waals surface area contributed by atoms with Gasteiger partial charge < -0.3 is 27.0 Å². The number of nitrogens with one attached hydrogen (secondary N) is 4. The quantitative estimate of drug-likeness (QED) is 0.363. The van der Waals surface area contributed by atoms with Crippen molar-refractivity contribution in [1.29, 1.82) is 0 Å². The van der Waals surface area contributed by atoms with Crippen molar-refractivity contribution in [3.8, 4) is 0 Å². The summed E-state index contributed by atoms with van der Waals surface area (Å²) in [4.78, 5) is 8.62. The van der Waals surface area contributed by atoms with Gasteiger partial charge in [-0.1, -0.05) is 18.7 Å². The van der Waals surface area contributed by atoms with Gasteiger partial charge in [-0.2, -0.15) is 4.98 Å². The number of halogens is 1. The minimum absolute atomic E-state index is 0.287. The highest BCUT2D eigenvalue weighted by Gasteiger charge is 2.14. The molecule has 1 aliphatic heterocycles. The Bertz CT molecular complexity index is 636. The van der Waals surface area contributed by atoms with Crippen LogP contribution in [0.2, 0.25) is 0 Å². The van der Waals surface area contributed by atoms with E-state index in [4.69, 9.17) is 5.73 Å². The summed E-state index contributed by atoms with van der Waals surface area (Å²) in [6.07, 6.45) is 8.02. The second kappa shape index (κ2) is 9.63. The van der Waals surface area contributed by atoms with Crippen molar-refractivity contribution in [2.45, 2.75) is 25.8 Å². The molecule has 1 fully saturated rings. The summed E-state index contributed by atoms with van der Waals surface area (Å²) in [6, 6.07) is 0.353. The van der Waals surface area contributed by atoms with E-state index in [1.165, 1.54) is 18.2 Å². The third kappa shape index (κ3) is 6.07. The van der Waals surface area contributed by atoms with Crippen molar-refractivity contribution in [1.82, 2.24) is 20.6 Å². The van der Waals surface area contributed by atoms with E-state index in [1.807, 2.05) is 0 Å². The van der Waals surface area contributed by atoms with Crippen molar-refractivity contribution in [2.24, 2.45) is 0 Å². The molecule has 2 rings (SSSR count). The SMILES string of the molecule is C=C/C=C\C(F)=C(/C)NCNc1nc(NC2CCNCC2)ncc1N. The number of anilines is 3. The van der Waals surface area contributed by atoms with Gasteiger partial charge in [-0.15, -0.1) is 0 Å². The number of piperidine rings is 1. The number of hydrogen-bond donors (Lipinski definition) is 5. The fraction of sp³-hybridized carbons (Fsp3) is 0.412. The molecule has 0 aromatic carbocycles. The molecule has 8 heteroatoms. The number of hydrogen-bond acceptors (Lipinski definition) is 7. The highest BCUT2D eigenvalue weighted by molar-refractivity contribution is 5.61. The molecular formula is C17H26FN7. The summed E-state index contributed by atoms with van der Waals surface area (Å²) < 4.78 is 13.7. The van der Waals surface area contributed by atoms with Crippen molar-refractivity contribution in [3.05, 3.63) is 42.5 Å². The van der Waals surface area contributed by atoms with Crippen LogP contribution in [-0.2, 0) is 0 Å². The predicted molar refractivity (Wildman–Crippen MR) is 101 cm³/mol. The maximum absolute atomic E-state index is 13.7. The van der Waals surface area contributed by atoms with E-state index < -0.39 is 0 Å². The Kier molecular flexibility index (Phi) is 7.21. The van der Waals surface area contributed by atoms with E-state index in [0.717, 1.165) is 25.9 Å². The fourth-order valence-corrected chi connectivity index (χ4v) is 2.37. The molecule has 1 aliphatic rings. The normalized spacial score (nSPS) is 16.4. The topological polar surface area (TPSA) is 99.9 Å². The minimum Gasteiger partial charge on any atom is -0.394 e. The Balaban J connectivity index is 1.91. The Labute approximate surface area is 147 Å². The summed E-state index contributed by atoms with van der Waals surface area (Å²) in [5.41, 5.74) is 6.75. The van der Waals surface area contributed by atoms with Crippen molar-refractivity contribution in [2.75, 3.05) is 36.1 Å². The molecule has 0 bridgehead atoms. The lowest BCUT2D eigenvalue weighted by atomic mass is 10.1. The van der Waals surface area contributed by atoms with Gasteiger partial charge in [0.1, 0.15) is 5.83 Å². The molecule has 0 unspecified atom stereocenters. The average molecular weight is 347 g/mol. The maximum atomic E-state index is 13.7. The Morgan fingerprint density at radius 1 is 1.48 bits per heavy atom. The number of aromatic nitrogens is 2. The van der Waals surface area contributed by atoms with Crippen LogP contribution in [0.1, 0.15) is 19.8 Å². The minimum atomic E-state index is -0.356. The zero-order valence-electron chi connectivity index (χ0n) is 14.5. The van der Waals surface area contributed by atoms with Crippen molar-refractivity contribution < 1.29 is 4.39 Å². The first-order valence-electron chi connectivity index (χ1n) is 8.33. The molecule has 6 N–H and O–H groups in total. The van der Waals surface area contributed by atoms with Crippen LogP contribution in [0.25, 0.3) is 0 Å². The van der Waals surface area contributed by atoms with Crippen LogP contribution in [0, 0.1) is 0 Å². The van der Waals surface area contributed by atoms with Gasteiger partial charge in [0.2, 0.25) is 5.95 Å². The summed E-state index contributed by atoms with van der Waals surface area (Å²) in [5.74, 6) is 0.690. The van der Waals surface area contributed by atoms with Crippen LogP contribution in [-0.4, -0.2) is 35.8 Å². The summed E-state index contributed by atoms with van der Waals surface area (Å²) in [7, 11) is 0. The fourth-order valence-electron chi connectivity index (χ4n) is 2.37. The van der Waals surface area contributed by atoms with Gasteiger partial charge in [-0.3, -0.25) is 0 Å². The highest BCUT2D eigenvalue weighted by Crippen LogP contribution is 2.17. The maximum Gasteiger partial charge on any atom is 0.224 e. The largest absolute Gasteiger partial charge is 0.394 e. The summed E-state index contributed by atoms with van der Waals surface area (Å²) in [6.45, 7) is 7.42. The van der Waals surface area contributed by atoms with E-state index in [0.29, 0.717) is 29.2 Å². The van der Waals surface area contributed by atoms with E-state index >= 15 is 0 Å². The van der Waals surface area contributed by atoms with Crippen LogP contribution in [0.5, 0.6) is 0 Å². The Morgan fingerprint density at radius 2 is 2.24 bits per heavy atom. The number of rotatable bonds is 8. The van der Waals surface area contributed by atoms with E-state index in [9.17, 15) is 4.39 Å². The zero-order valence-corrected chi connectivity index (χ0v) is 14.5. The standard InChI is InChI=1S/C17H26FN7/c1-3-4-5-14(18)12(2)22-11-23-16-15(19)10-21-17(25-16)24-13-6-8-20-9-7-13/h3-5,10,13,20,22H,1,6-9,11,19H2,2H3,(H2,21,23,24,25)/b5-4-,14-12-. The number of nitrogens with two attached hydrogens (primary N) is 1. The van der Waals surface area contributed by atoms with Gasteiger partial charge in [0.25, 0.3) is 0 Å². The third-order valence-electron chi connectivity index (χ3n) is 3.84. The third-order valence-corrected chi connectivity index (χ3v) is 3.84. The lowest BCUT2D eigenvalue weighted by molar-refractivity contribution is 0.477. The average Bonchev–Trinajstić information content (AvgIpc) is 2.63. The van der Waals surface area contributed by atoms with Crippen LogP contribution in [0.3, 0.4) is 0 Å². The van der Waals surface area contributed by atoms with Crippen LogP contribution >= 0.6 is 0 Å². The Hall–Kier alpha value is -2.61. The molecule has 0 aliphatic carbocycles. The molecule has 0 amide bonds. The molecule has 136 valence electrons. The second-order valence-electron chi connectivity index (χ2n) is 5.76. The second-order valence-corrected chi connectivity index (χ2v) is 5.76. The summed E-state index contributed by atoms with van der Waals surface area (Å²) >= 11 is 0. The first-order valence-corrected chi connectivity index (χ1v) is 8.33. The number of allylic oxidation sites excluding steroid dienone is 5.